The number of hydrogen-bond acceptors (Lipinski definition) is 1. The van der Waals surface area contributed by atoms with Gasteiger partial charge in [-0.05, 0) is 25.7 Å². The van der Waals surface area contributed by atoms with E-state index in [1.807, 2.05) is 0 Å². The first-order valence-corrected chi connectivity index (χ1v) is 13.6. The molecule has 0 radical (unpaired) electrons. The second kappa shape index (κ2) is 15.1. The number of unbranched alkanes of at least 4 members (excludes halogenated alkanes) is 4. The third-order valence-corrected chi connectivity index (χ3v) is 10.4. The first-order chi connectivity index (χ1) is 12.4. The van der Waals surface area contributed by atoms with E-state index < -0.39 is 29.0 Å². The molecule has 0 rings (SSSR count). The predicted octanol–water partition coefficient (Wildman–Crippen LogP) is 8.61. The molecule has 0 saturated heterocycles. The SMILES string of the molecule is CCCC[P+](CCCC)(CCCC)CCCC.N=S(C(F)(F)F)C(F)(F)F. The van der Waals surface area contributed by atoms with E-state index >= 15 is 0 Å². The molecule has 0 aromatic rings. The van der Waals surface area contributed by atoms with E-state index in [0.29, 0.717) is 0 Å². The lowest BCUT2D eigenvalue weighted by molar-refractivity contribution is -0.0754. The first-order valence-electron chi connectivity index (χ1n) is 9.84. The zero-order valence-electron chi connectivity index (χ0n) is 17.1. The third-order valence-electron chi connectivity index (χ3n) is 4.41. The summed E-state index contributed by atoms with van der Waals surface area (Å²) < 4.78 is 72.0. The summed E-state index contributed by atoms with van der Waals surface area (Å²) in [4.78, 5) is 0. The lowest BCUT2D eigenvalue weighted by Crippen LogP contribution is -2.28. The fraction of sp³-hybridized carbons (Fsp3) is 1.00. The minimum absolute atomic E-state index is 0.562. The Morgan fingerprint density at radius 2 is 0.815 bits per heavy atom. The maximum Gasteiger partial charge on any atom is 0.460 e. The maximum atomic E-state index is 11.0. The molecule has 0 bridgehead atoms. The van der Waals surface area contributed by atoms with Crippen LogP contribution in [0.25, 0.3) is 0 Å². The Balaban J connectivity index is 0. The van der Waals surface area contributed by atoms with E-state index in [1.54, 1.807) is 24.6 Å². The summed E-state index contributed by atoms with van der Waals surface area (Å²) in [5.41, 5.74) is -11.0. The maximum absolute atomic E-state index is 11.0. The quantitative estimate of drug-likeness (QED) is 0.230. The van der Waals surface area contributed by atoms with Crippen molar-refractivity contribution in [3.63, 3.8) is 0 Å². The van der Waals surface area contributed by atoms with Crippen molar-refractivity contribution in [3.05, 3.63) is 0 Å². The average molecular weight is 445 g/mol. The summed E-state index contributed by atoms with van der Waals surface area (Å²) in [5, 5.41) is 0. The average Bonchev–Trinajstić information content (AvgIpc) is 2.59. The summed E-state index contributed by atoms with van der Waals surface area (Å²) >= 11 is 0. The molecule has 0 aromatic carbocycles. The molecular formula is C18H37F6NPS+. The highest BCUT2D eigenvalue weighted by Gasteiger charge is 2.50. The zero-order valence-corrected chi connectivity index (χ0v) is 18.8. The predicted molar refractivity (Wildman–Crippen MR) is 108 cm³/mol. The Kier molecular flexibility index (Phi) is 16.4. The van der Waals surface area contributed by atoms with Crippen molar-refractivity contribution in [2.75, 3.05) is 24.6 Å². The minimum atomic E-state index is -5.49. The molecule has 0 amide bonds. The summed E-state index contributed by atoms with van der Waals surface area (Å²) in [7, 11) is -4.82. The van der Waals surface area contributed by atoms with E-state index in [9.17, 15) is 26.3 Å². The van der Waals surface area contributed by atoms with Crippen molar-refractivity contribution in [1.82, 2.24) is 0 Å². The second-order valence-electron chi connectivity index (χ2n) is 6.85. The molecule has 0 unspecified atom stereocenters. The molecule has 0 aliphatic carbocycles. The standard InChI is InChI=1S/C16H36P.C2HF6NS/c1-5-9-13-17(14-10-6-2,15-11-7-3)16-12-8-4;3-1(4,5)10(9)2(6,7)8/h5-16H2,1-4H3;9H/q+1;. The fourth-order valence-corrected chi connectivity index (χ4v) is 8.33. The van der Waals surface area contributed by atoms with Gasteiger partial charge in [-0.15, -0.1) is 0 Å². The third kappa shape index (κ3) is 14.8. The Bertz CT molecular complexity index is 332. The summed E-state index contributed by atoms with van der Waals surface area (Å²) in [6.07, 6.45) is 17.9. The Labute approximate surface area is 164 Å². The molecule has 0 aliphatic rings. The smallest absolute Gasteiger partial charge is 0.265 e. The van der Waals surface area contributed by atoms with Crippen LogP contribution in [0.1, 0.15) is 79.1 Å². The van der Waals surface area contributed by atoms with Crippen molar-refractivity contribution >= 4 is 18.0 Å². The Morgan fingerprint density at radius 1 is 0.593 bits per heavy atom. The lowest BCUT2D eigenvalue weighted by atomic mass is 10.4. The molecular weight excluding hydrogens is 407 g/mol. The molecule has 0 atom stereocenters. The fourth-order valence-electron chi connectivity index (χ4n) is 2.78. The van der Waals surface area contributed by atoms with Crippen LogP contribution < -0.4 is 0 Å². The molecule has 0 heterocycles. The van der Waals surface area contributed by atoms with Gasteiger partial charge in [0.1, 0.15) is 10.7 Å². The molecule has 0 spiro atoms. The van der Waals surface area contributed by atoms with E-state index in [4.69, 9.17) is 4.78 Å². The van der Waals surface area contributed by atoms with Crippen LogP contribution in [0.4, 0.5) is 26.3 Å². The van der Waals surface area contributed by atoms with Gasteiger partial charge < -0.3 is 0 Å². The van der Waals surface area contributed by atoms with Crippen LogP contribution in [0.2, 0.25) is 0 Å². The van der Waals surface area contributed by atoms with E-state index in [-0.39, 0.29) is 0 Å². The van der Waals surface area contributed by atoms with Gasteiger partial charge in [-0.25, -0.2) is 0 Å². The van der Waals surface area contributed by atoms with Gasteiger partial charge in [-0.3, -0.25) is 4.78 Å². The molecule has 0 fully saturated rings. The number of halogens is 6. The van der Waals surface area contributed by atoms with E-state index in [1.165, 1.54) is 51.4 Å². The van der Waals surface area contributed by atoms with Gasteiger partial charge in [-0.2, -0.15) is 26.3 Å². The van der Waals surface area contributed by atoms with E-state index in [0.717, 1.165) is 0 Å². The lowest BCUT2D eigenvalue weighted by Gasteiger charge is -2.28. The topological polar surface area (TPSA) is 23.9 Å². The van der Waals surface area contributed by atoms with Crippen molar-refractivity contribution < 1.29 is 26.3 Å². The van der Waals surface area contributed by atoms with Crippen molar-refractivity contribution in [2.24, 2.45) is 0 Å². The second-order valence-corrected chi connectivity index (χ2v) is 12.9. The number of rotatable bonds is 12. The summed E-state index contributed by atoms with van der Waals surface area (Å²) in [6, 6.07) is 0. The molecule has 166 valence electrons. The van der Waals surface area contributed by atoms with Crippen LogP contribution >= 0.6 is 7.26 Å². The molecule has 1 N–H and O–H groups in total. The molecule has 0 saturated carbocycles. The highest BCUT2D eigenvalue weighted by molar-refractivity contribution is 7.87. The highest BCUT2D eigenvalue weighted by Crippen LogP contribution is 2.61. The number of alkyl halides is 6. The normalized spacial score (nSPS) is 12.9. The van der Waals surface area contributed by atoms with Gasteiger partial charge in [0, 0.05) is 7.26 Å². The Morgan fingerprint density at radius 3 is 0.926 bits per heavy atom. The summed E-state index contributed by atoms with van der Waals surface area (Å²) in [5.74, 6) is 0. The molecule has 9 heteroatoms. The zero-order chi connectivity index (χ0) is 21.6. The Hall–Kier alpha value is 0.160. The number of nitrogens with one attached hydrogen (secondary N) is 1. The minimum Gasteiger partial charge on any atom is -0.265 e. The van der Waals surface area contributed by atoms with Gasteiger partial charge in [0.05, 0.1) is 24.6 Å². The van der Waals surface area contributed by atoms with Crippen molar-refractivity contribution in [1.29, 1.82) is 4.78 Å². The van der Waals surface area contributed by atoms with Crippen LogP contribution in [0.15, 0.2) is 0 Å². The van der Waals surface area contributed by atoms with Gasteiger partial charge in [0.2, 0.25) is 0 Å². The largest absolute Gasteiger partial charge is 0.460 e. The van der Waals surface area contributed by atoms with Crippen LogP contribution in [0.3, 0.4) is 0 Å². The van der Waals surface area contributed by atoms with Crippen LogP contribution in [0.5, 0.6) is 0 Å². The van der Waals surface area contributed by atoms with Crippen molar-refractivity contribution in [3.8, 4) is 0 Å². The van der Waals surface area contributed by atoms with Crippen LogP contribution in [0, 0.1) is 4.78 Å². The molecule has 0 aromatic heterocycles. The van der Waals surface area contributed by atoms with Crippen LogP contribution in [-0.2, 0) is 10.7 Å². The summed E-state index contributed by atoms with van der Waals surface area (Å²) in [6.45, 7) is 9.42. The first kappa shape index (κ1) is 29.4. The van der Waals surface area contributed by atoms with E-state index in [2.05, 4.69) is 27.7 Å². The molecule has 0 aliphatic heterocycles. The highest BCUT2D eigenvalue weighted by atomic mass is 32.2. The van der Waals surface area contributed by atoms with Gasteiger partial charge in [-0.1, -0.05) is 53.4 Å². The van der Waals surface area contributed by atoms with Crippen LogP contribution in [-0.4, -0.2) is 35.7 Å². The van der Waals surface area contributed by atoms with Gasteiger partial charge in [0.15, 0.2) is 0 Å². The monoisotopic (exact) mass is 444 g/mol. The van der Waals surface area contributed by atoms with Crippen molar-refractivity contribution in [2.45, 2.75) is 90.1 Å². The van der Waals surface area contributed by atoms with Gasteiger partial charge in [0.25, 0.3) is 0 Å². The van der Waals surface area contributed by atoms with Gasteiger partial charge >= 0.3 is 11.0 Å². The molecule has 1 nitrogen and oxygen atoms in total. The number of hydrogen-bond donors (Lipinski definition) is 1. The molecule has 27 heavy (non-hydrogen) atoms.